The van der Waals surface area contributed by atoms with Crippen molar-refractivity contribution in [3.8, 4) is 34.0 Å². The third-order valence-corrected chi connectivity index (χ3v) is 7.45. The van der Waals surface area contributed by atoms with Crippen molar-refractivity contribution in [3.63, 3.8) is 0 Å². The summed E-state index contributed by atoms with van der Waals surface area (Å²) in [5.41, 5.74) is 9.19. The lowest BCUT2D eigenvalue weighted by molar-refractivity contribution is 0.664. The van der Waals surface area contributed by atoms with Crippen LogP contribution in [0.2, 0.25) is 0 Å². The molecule has 4 heterocycles. The van der Waals surface area contributed by atoms with Gasteiger partial charge in [0.05, 0.1) is 12.2 Å². The van der Waals surface area contributed by atoms with Gasteiger partial charge >= 0.3 is 0 Å². The summed E-state index contributed by atoms with van der Waals surface area (Å²) in [5, 5.41) is 19.5. The SMILES string of the molecule is Cc1ccc2[nH]c(-c3nc4c(nnn4Cc4ccccc4)c4nnc(-c5ccccc5)n34)c(-c3ccccc3)c2c1. The Morgan fingerprint density at radius 3 is 2.15 bits per heavy atom. The quantitative estimate of drug-likeness (QED) is 0.266. The molecule has 0 bridgehead atoms. The fourth-order valence-electron chi connectivity index (χ4n) is 5.53. The van der Waals surface area contributed by atoms with Gasteiger partial charge in [0.15, 0.2) is 28.5 Å². The van der Waals surface area contributed by atoms with Crippen molar-refractivity contribution in [1.29, 1.82) is 0 Å². The van der Waals surface area contributed by atoms with Gasteiger partial charge in [-0.3, -0.25) is 4.40 Å². The first-order valence-electron chi connectivity index (χ1n) is 13.5. The standard InChI is InChI=1S/C33H24N8/c1-21-17-18-26-25(19-21)27(23-13-7-3-8-14-23)28(34-26)32-35-31-29(36-39-40(31)20-22-11-5-2-6-12-22)33-38-37-30(41(32)33)24-15-9-4-10-16-24/h2-19,34H,20H2,1H3. The molecule has 41 heavy (non-hydrogen) atoms. The maximum absolute atomic E-state index is 5.28. The van der Waals surface area contributed by atoms with Crippen LogP contribution in [0.25, 0.3) is 61.7 Å². The zero-order valence-electron chi connectivity index (χ0n) is 22.2. The monoisotopic (exact) mass is 532 g/mol. The first kappa shape index (κ1) is 23.3. The highest BCUT2D eigenvalue weighted by Crippen LogP contribution is 2.39. The molecule has 0 aliphatic heterocycles. The normalized spacial score (nSPS) is 11.6. The second kappa shape index (κ2) is 9.24. The first-order valence-corrected chi connectivity index (χ1v) is 13.5. The lowest BCUT2D eigenvalue weighted by Gasteiger charge is -2.10. The van der Waals surface area contributed by atoms with Gasteiger partial charge < -0.3 is 4.98 Å². The Bertz CT molecular complexity index is 2180. The van der Waals surface area contributed by atoms with E-state index in [0.29, 0.717) is 35.0 Å². The second-order valence-corrected chi connectivity index (χ2v) is 10.2. The maximum atomic E-state index is 5.28. The van der Waals surface area contributed by atoms with Crippen LogP contribution in [0.15, 0.2) is 109 Å². The third-order valence-electron chi connectivity index (χ3n) is 7.45. The van der Waals surface area contributed by atoms with E-state index < -0.39 is 0 Å². The average molecular weight is 533 g/mol. The number of rotatable bonds is 5. The molecule has 0 saturated heterocycles. The molecule has 0 fully saturated rings. The topological polar surface area (TPSA) is 89.6 Å². The lowest BCUT2D eigenvalue weighted by atomic mass is 10.0. The molecule has 8 nitrogen and oxygen atoms in total. The molecule has 0 unspecified atom stereocenters. The van der Waals surface area contributed by atoms with Gasteiger partial charge in [-0.2, -0.15) is 0 Å². The number of aromatic nitrogens is 8. The van der Waals surface area contributed by atoms with Gasteiger partial charge in [-0.15, -0.1) is 15.3 Å². The lowest BCUT2D eigenvalue weighted by Crippen LogP contribution is -2.06. The summed E-state index contributed by atoms with van der Waals surface area (Å²) < 4.78 is 3.84. The second-order valence-electron chi connectivity index (χ2n) is 10.2. The molecule has 1 N–H and O–H groups in total. The molecule has 0 spiro atoms. The van der Waals surface area contributed by atoms with E-state index in [1.807, 2.05) is 63.7 Å². The Morgan fingerprint density at radius 2 is 1.39 bits per heavy atom. The van der Waals surface area contributed by atoms with E-state index in [1.165, 1.54) is 5.56 Å². The van der Waals surface area contributed by atoms with Crippen LogP contribution in [-0.2, 0) is 6.54 Å². The first-order chi connectivity index (χ1) is 20.2. The van der Waals surface area contributed by atoms with E-state index in [-0.39, 0.29) is 0 Å². The Balaban J connectivity index is 1.48. The maximum Gasteiger partial charge on any atom is 0.194 e. The molecular formula is C33H24N8. The van der Waals surface area contributed by atoms with Crippen LogP contribution in [0.3, 0.4) is 0 Å². The van der Waals surface area contributed by atoms with Crippen LogP contribution in [0.1, 0.15) is 11.1 Å². The van der Waals surface area contributed by atoms with Crippen LogP contribution in [0.5, 0.6) is 0 Å². The van der Waals surface area contributed by atoms with Crippen LogP contribution in [0.4, 0.5) is 0 Å². The number of nitrogens with one attached hydrogen (secondary N) is 1. The van der Waals surface area contributed by atoms with E-state index in [1.54, 1.807) is 0 Å². The van der Waals surface area contributed by atoms with Gasteiger partial charge in [0.2, 0.25) is 0 Å². The minimum atomic E-state index is 0.539. The number of aryl methyl sites for hydroxylation is 1. The Morgan fingerprint density at radius 1 is 0.683 bits per heavy atom. The summed E-state index contributed by atoms with van der Waals surface area (Å²) in [7, 11) is 0. The minimum absolute atomic E-state index is 0.539. The number of hydrogen-bond donors (Lipinski definition) is 1. The molecular weight excluding hydrogens is 508 g/mol. The van der Waals surface area contributed by atoms with Gasteiger partial charge in [-0.25, -0.2) is 9.67 Å². The highest BCUT2D eigenvalue weighted by atomic mass is 15.5. The number of benzene rings is 4. The van der Waals surface area contributed by atoms with Crippen molar-refractivity contribution in [2.75, 3.05) is 0 Å². The predicted molar refractivity (Wildman–Crippen MR) is 160 cm³/mol. The van der Waals surface area contributed by atoms with Crippen molar-refractivity contribution in [3.05, 3.63) is 120 Å². The smallest absolute Gasteiger partial charge is 0.194 e. The summed E-state index contributed by atoms with van der Waals surface area (Å²) in [5.74, 6) is 1.39. The van der Waals surface area contributed by atoms with Crippen molar-refractivity contribution in [2.45, 2.75) is 13.5 Å². The molecule has 4 aromatic carbocycles. The van der Waals surface area contributed by atoms with Crippen LogP contribution in [0, 0.1) is 6.92 Å². The molecule has 8 aromatic rings. The number of fused-ring (bicyclic) bond motifs is 4. The molecule has 196 valence electrons. The number of hydrogen-bond acceptors (Lipinski definition) is 5. The van der Waals surface area contributed by atoms with Crippen LogP contribution in [-0.4, -0.2) is 39.6 Å². The zero-order chi connectivity index (χ0) is 27.3. The molecule has 4 aromatic heterocycles. The zero-order valence-corrected chi connectivity index (χ0v) is 22.2. The van der Waals surface area contributed by atoms with Crippen LogP contribution < -0.4 is 0 Å². The van der Waals surface area contributed by atoms with E-state index in [0.717, 1.165) is 38.9 Å². The Labute approximate surface area is 235 Å². The predicted octanol–water partition coefficient (Wildman–Crippen LogP) is 6.71. The molecule has 0 amide bonds. The highest BCUT2D eigenvalue weighted by Gasteiger charge is 2.25. The fraction of sp³-hybridized carbons (Fsp3) is 0.0606. The van der Waals surface area contributed by atoms with E-state index in [4.69, 9.17) is 4.98 Å². The molecule has 8 rings (SSSR count). The highest BCUT2D eigenvalue weighted by molar-refractivity contribution is 6.04. The summed E-state index contributed by atoms with van der Waals surface area (Å²) in [4.78, 5) is 8.99. The number of H-pyrrole nitrogens is 1. The van der Waals surface area contributed by atoms with Gasteiger partial charge in [-0.1, -0.05) is 108 Å². The fourth-order valence-corrected chi connectivity index (χ4v) is 5.53. The van der Waals surface area contributed by atoms with Gasteiger partial charge in [0.25, 0.3) is 0 Å². The van der Waals surface area contributed by atoms with Crippen LogP contribution >= 0.6 is 0 Å². The summed E-state index contributed by atoms with van der Waals surface area (Å²) in [6, 6.07) is 37.2. The Hall–Kier alpha value is -5.63. The van der Waals surface area contributed by atoms with Crippen molar-refractivity contribution in [2.24, 2.45) is 0 Å². The van der Waals surface area contributed by atoms with Crippen molar-refractivity contribution < 1.29 is 0 Å². The average Bonchev–Trinajstić information content (AvgIpc) is 3.73. The summed E-state index contributed by atoms with van der Waals surface area (Å²) >= 11 is 0. The molecule has 0 aliphatic carbocycles. The van der Waals surface area contributed by atoms with Gasteiger partial charge in [-0.05, 0) is 30.2 Å². The van der Waals surface area contributed by atoms with Crippen molar-refractivity contribution in [1.82, 2.24) is 39.6 Å². The molecule has 0 saturated carbocycles. The van der Waals surface area contributed by atoms with E-state index in [9.17, 15) is 0 Å². The van der Waals surface area contributed by atoms with Gasteiger partial charge in [0, 0.05) is 22.0 Å². The summed E-state index contributed by atoms with van der Waals surface area (Å²) in [6.07, 6.45) is 0. The molecule has 0 radical (unpaired) electrons. The molecule has 0 aliphatic rings. The molecule has 8 heteroatoms. The largest absolute Gasteiger partial charge is 0.351 e. The van der Waals surface area contributed by atoms with Crippen molar-refractivity contribution >= 4 is 27.7 Å². The molecule has 0 atom stereocenters. The number of aromatic amines is 1. The third kappa shape index (κ3) is 3.80. The van der Waals surface area contributed by atoms with E-state index in [2.05, 4.69) is 87.0 Å². The minimum Gasteiger partial charge on any atom is -0.351 e. The number of nitrogens with zero attached hydrogens (tertiary/aromatic N) is 7. The van der Waals surface area contributed by atoms with E-state index >= 15 is 0 Å². The summed E-state index contributed by atoms with van der Waals surface area (Å²) in [6.45, 7) is 2.65. The van der Waals surface area contributed by atoms with Gasteiger partial charge in [0.1, 0.15) is 0 Å². The Kier molecular flexibility index (Phi) is 5.24.